The lowest BCUT2D eigenvalue weighted by Gasteiger charge is -2.25. The zero-order chi connectivity index (χ0) is 17.3. The molecule has 1 rings (SSSR count). The number of carbonyl (C=O) groups excluding carboxylic acids is 2. The maximum Gasteiger partial charge on any atom is 0.199 e. The van der Waals surface area contributed by atoms with Gasteiger partial charge in [0.05, 0.1) is 11.1 Å². The molecule has 5 heteroatoms. The van der Waals surface area contributed by atoms with E-state index in [9.17, 15) is 9.59 Å². The fourth-order valence-corrected chi connectivity index (χ4v) is 2.45. The summed E-state index contributed by atoms with van der Waals surface area (Å²) in [5.74, 6) is -0.0233. The van der Waals surface area contributed by atoms with Crippen LogP contribution in [-0.4, -0.2) is 41.4 Å². The Kier molecular flexibility index (Phi) is 7.72. The number of carbonyl (C=O) groups is 2. The second-order valence-electron chi connectivity index (χ2n) is 6.35. The highest BCUT2D eigenvalue weighted by atomic mass is 16.1. The summed E-state index contributed by atoms with van der Waals surface area (Å²) in [4.78, 5) is 26.5. The van der Waals surface area contributed by atoms with E-state index in [2.05, 4.69) is 17.0 Å². The normalized spacial score (nSPS) is 14.3. The molecule has 1 heterocycles. The van der Waals surface area contributed by atoms with Gasteiger partial charge in [0.2, 0.25) is 0 Å². The van der Waals surface area contributed by atoms with Gasteiger partial charge in [-0.15, -0.1) is 0 Å². The number of aromatic nitrogens is 1. The number of rotatable bonds is 11. The smallest absolute Gasteiger partial charge is 0.199 e. The predicted octanol–water partition coefficient (Wildman–Crippen LogP) is 3.68. The predicted molar refractivity (Wildman–Crippen MR) is 93.8 cm³/mol. The molecule has 128 valence electrons. The lowest BCUT2D eigenvalue weighted by Crippen LogP contribution is -2.31. The van der Waals surface area contributed by atoms with Crippen molar-refractivity contribution in [3.63, 3.8) is 0 Å². The number of likely N-dealkylation sites (N-methyl/N-ethyl adjacent to an activating group) is 1. The second-order valence-corrected chi connectivity index (χ2v) is 6.35. The first-order valence-electron chi connectivity index (χ1n) is 8.32. The molecular formula is C18H29N3O2. The van der Waals surface area contributed by atoms with Crippen molar-refractivity contribution in [2.75, 3.05) is 13.6 Å². The van der Waals surface area contributed by atoms with Crippen LogP contribution in [0.25, 0.3) is 0 Å². The quantitative estimate of drug-likeness (QED) is 0.222. The summed E-state index contributed by atoms with van der Waals surface area (Å²) in [6.45, 7) is 6.14. The number of nitrogens with zero attached hydrogens (tertiary/aromatic N) is 2. The second kappa shape index (κ2) is 9.28. The van der Waals surface area contributed by atoms with Crippen molar-refractivity contribution in [1.29, 1.82) is 0 Å². The molecule has 0 amide bonds. The van der Waals surface area contributed by atoms with Crippen LogP contribution in [0.4, 0.5) is 0 Å². The number of ketones is 1. The number of Topliss-reactive ketones (excluding diaryl/α,β-unsaturated/α-hetero) is 1. The minimum absolute atomic E-state index is 0.0233. The third-order valence-corrected chi connectivity index (χ3v) is 4.23. The van der Waals surface area contributed by atoms with Crippen LogP contribution in [-0.2, 0) is 4.79 Å². The van der Waals surface area contributed by atoms with Crippen LogP contribution in [0, 0.1) is 5.41 Å². The summed E-state index contributed by atoms with van der Waals surface area (Å²) in [7, 11) is 1.76. The first-order chi connectivity index (χ1) is 10.9. The zero-order valence-corrected chi connectivity index (χ0v) is 14.8. The molecule has 1 atom stereocenters. The van der Waals surface area contributed by atoms with E-state index >= 15 is 0 Å². The van der Waals surface area contributed by atoms with Crippen molar-refractivity contribution in [3.8, 4) is 0 Å². The SMILES string of the molecule is CCCCCCC(C)(C=O)/C(C)=N\N(C)CC(=O)c1ccc[nH]1. The number of unbranched alkanes of at least 4 members (excludes halogenated alkanes) is 3. The van der Waals surface area contributed by atoms with E-state index < -0.39 is 5.41 Å². The highest BCUT2D eigenvalue weighted by Crippen LogP contribution is 2.24. The molecule has 0 aromatic carbocycles. The monoisotopic (exact) mass is 319 g/mol. The molecule has 1 aromatic heterocycles. The molecule has 0 bridgehead atoms. The van der Waals surface area contributed by atoms with E-state index in [0.29, 0.717) is 5.69 Å². The minimum Gasteiger partial charge on any atom is -0.359 e. The highest BCUT2D eigenvalue weighted by molar-refractivity contribution is 6.00. The van der Waals surface area contributed by atoms with Gasteiger partial charge >= 0.3 is 0 Å². The van der Waals surface area contributed by atoms with Crippen molar-refractivity contribution in [2.24, 2.45) is 10.5 Å². The summed E-state index contributed by atoms with van der Waals surface area (Å²) in [6.07, 6.45) is 8.02. The molecule has 0 aliphatic carbocycles. The van der Waals surface area contributed by atoms with Crippen molar-refractivity contribution >= 4 is 17.8 Å². The van der Waals surface area contributed by atoms with E-state index in [1.807, 2.05) is 13.8 Å². The number of aromatic amines is 1. The number of H-pyrrole nitrogens is 1. The molecule has 0 radical (unpaired) electrons. The van der Waals surface area contributed by atoms with Gasteiger partial charge in [0, 0.05) is 19.0 Å². The highest BCUT2D eigenvalue weighted by Gasteiger charge is 2.27. The van der Waals surface area contributed by atoms with Crippen LogP contribution in [0.3, 0.4) is 0 Å². The third-order valence-electron chi connectivity index (χ3n) is 4.23. The average molecular weight is 319 g/mol. The maximum atomic E-state index is 12.0. The Balaban J connectivity index is 2.63. The Morgan fingerprint density at radius 2 is 2.13 bits per heavy atom. The van der Waals surface area contributed by atoms with Crippen LogP contribution in [0.15, 0.2) is 23.4 Å². The molecule has 1 unspecified atom stereocenters. The molecule has 0 saturated heterocycles. The number of hydrazone groups is 1. The summed E-state index contributed by atoms with van der Waals surface area (Å²) in [6, 6.07) is 3.54. The lowest BCUT2D eigenvalue weighted by molar-refractivity contribution is -0.113. The fraction of sp³-hybridized carbons (Fsp3) is 0.611. The van der Waals surface area contributed by atoms with Gasteiger partial charge in [-0.05, 0) is 32.4 Å². The Labute approximate surface area is 139 Å². The third kappa shape index (κ3) is 6.00. The Morgan fingerprint density at radius 3 is 2.70 bits per heavy atom. The number of aldehydes is 1. The summed E-state index contributed by atoms with van der Waals surface area (Å²) < 4.78 is 0. The van der Waals surface area contributed by atoms with E-state index in [1.54, 1.807) is 30.4 Å². The molecule has 1 aromatic rings. The molecule has 0 saturated carbocycles. The van der Waals surface area contributed by atoms with Gasteiger partial charge in [0.25, 0.3) is 0 Å². The minimum atomic E-state index is -0.558. The van der Waals surface area contributed by atoms with Gasteiger partial charge in [0.15, 0.2) is 5.78 Å². The topological polar surface area (TPSA) is 65.5 Å². The average Bonchev–Trinajstić information content (AvgIpc) is 3.05. The molecule has 1 N–H and O–H groups in total. The molecule has 0 spiro atoms. The molecular weight excluding hydrogens is 290 g/mol. The molecule has 0 fully saturated rings. The van der Waals surface area contributed by atoms with Crippen LogP contribution in [0.5, 0.6) is 0 Å². The van der Waals surface area contributed by atoms with Gasteiger partial charge in [0.1, 0.15) is 12.8 Å². The van der Waals surface area contributed by atoms with E-state index in [1.165, 1.54) is 12.8 Å². The molecule has 0 aliphatic rings. The molecule has 5 nitrogen and oxygen atoms in total. The van der Waals surface area contributed by atoms with Crippen LogP contribution >= 0.6 is 0 Å². The standard InChI is InChI=1S/C18H29N3O2/c1-5-6-7-8-11-18(3,14-22)15(2)20-21(4)13-17(23)16-10-9-12-19-16/h9-10,12,14,19H,5-8,11,13H2,1-4H3/b20-15-. The van der Waals surface area contributed by atoms with Crippen LogP contribution < -0.4 is 0 Å². The Morgan fingerprint density at radius 1 is 1.39 bits per heavy atom. The zero-order valence-electron chi connectivity index (χ0n) is 14.8. The first kappa shape index (κ1) is 19.1. The number of hydrogen-bond donors (Lipinski definition) is 1. The van der Waals surface area contributed by atoms with Gasteiger partial charge < -0.3 is 9.78 Å². The van der Waals surface area contributed by atoms with Gasteiger partial charge in [-0.2, -0.15) is 5.10 Å². The van der Waals surface area contributed by atoms with Crippen LogP contribution in [0.1, 0.15) is 63.4 Å². The van der Waals surface area contributed by atoms with E-state index in [4.69, 9.17) is 0 Å². The van der Waals surface area contributed by atoms with Crippen molar-refractivity contribution < 1.29 is 9.59 Å². The summed E-state index contributed by atoms with van der Waals surface area (Å²) in [5.41, 5.74) is 0.769. The van der Waals surface area contributed by atoms with Gasteiger partial charge in [-0.3, -0.25) is 9.80 Å². The summed E-state index contributed by atoms with van der Waals surface area (Å²) in [5, 5.41) is 6.06. The Bertz CT molecular complexity index is 522. The Hall–Kier alpha value is -1.91. The fourth-order valence-electron chi connectivity index (χ4n) is 2.45. The van der Waals surface area contributed by atoms with Gasteiger partial charge in [-0.25, -0.2) is 0 Å². The van der Waals surface area contributed by atoms with Gasteiger partial charge in [-0.1, -0.05) is 32.6 Å². The van der Waals surface area contributed by atoms with Crippen molar-refractivity contribution in [2.45, 2.75) is 52.9 Å². The van der Waals surface area contributed by atoms with Crippen LogP contribution in [0.2, 0.25) is 0 Å². The van der Waals surface area contributed by atoms with E-state index in [0.717, 1.165) is 31.3 Å². The first-order valence-corrected chi connectivity index (χ1v) is 8.32. The van der Waals surface area contributed by atoms with Crippen molar-refractivity contribution in [1.82, 2.24) is 9.99 Å². The number of nitrogens with one attached hydrogen (secondary N) is 1. The molecule has 23 heavy (non-hydrogen) atoms. The number of hydrogen-bond acceptors (Lipinski definition) is 4. The largest absolute Gasteiger partial charge is 0.359 e. The molecule has 0 aliphatic heterocycles. The summed E-state index contributed by atoms with van der Waals surface area (Å²) >= 11 is 0. The lowest BCUT2D eigenvalue weighted by atomic mass is 9.82. The maximum absolute atomic E-state index is 12.0. The van der Waals surface area contributed by atoms with E-state index in [-0.39, 0.29) is 12.3 Å². The van der Waals surface area contributed by atoms with Crippen molar-refractivity contribution in [3.05, 3.63) is 24.0 Å².